The van der Waals surface area contributed by atoms with Crippen LogP contribution in [0.3, 0.4) is 0 Å². The molecule has 2 amide bonds. The van der Waals surface area contributed by atoms with Gasteiger partial charge in [-0.2, -0.15) is 0 Å². The van der Waals surface area contributed by atoms with Gasteiger partial charge in [-0.3, -0.25) is 9.59 Å². The molecule has 6 heteroatoms. The number of thioether (sulfide) groups is 1. The maximum absolute atomic E-state index is 12.5. The minimum absolute atomic E-state index is 0.228. The Kier molecular flexibility index (Phi) is 5.80. The Hall–Kier alpha value is -1.69. The predicted molar refractivity (Wildman–Crippen MR) is 99.2 cm³/mol. The number of ether oxygens (including phenoxy) is 1. The highest BCUT2D eigenvalue weighted by Crippen LogP contribution is 2.42. The lowest BCUT2D eigenvalue weighted by Gasteiger charge is -2.23. The third kappa shape index (κ3) is 4.23. The van der Waals surface area contributed by atoms with Gasteiger partial charge in [0, 0.05) is 44.4 Å². The van der Waals surface area contributed by atoms with Gasteiger partial charge in [-0.15, -0.1) is 0 Å². The number of fused-ring (bicyclic) bond motifs is 1. The molecule has 0 fully saturated rings. The van der Waals surface area contributed by atoms with E-state index in [2.05, 4.69) is 6.92 Å². The molecular weight excluding hydrogens is 324 g/mol. The summed E-state index contributed by atoms with van der Waals surface area (Å²) in [5.41, 5.74) is 1.53. The number of benzene rings is 1. The van der Waals surface area contributed by atoms with Gasteiger partial charge in [-0.1, -0.05) is 25.5 Å². The van der Waals surface area contributed by atoms with Crippen molar-refractivity contribution in [1.29, 1.82) is 0 Å². The van der Waals surface area contributed by atoms with E-state index in [0.29, 0.717) is 12.2 Å². The number of hydrogen-bond acceptors (Lipinski definition) is 4. The fraction of sp³-hybridized carbons (Fsp3) is 0.556. The van der Waals surface area contributed by atoms with Gasteiger partial charge in [0.15, 0.2) is 0 Å². The van der Waals surface area contributed by atoms with E-state index in [1.807, 2.05) is 32.0 Å². The molecule has 1 heterocycles. The number of nitrogens with zero attached hydrogens (tertiary/aromatic N) is 2. The molecule has 0 N–H and O–H groups in total. The standard InChI is InChI=1S/C18H26N2O3S/c1-6-7-11-19(4)16(21)24-17(22)20(5)14-10-8-9-13-12-18(2,3)23-15(13)14/h8-10H,6-7,11-12H2,1-5H3. The summed E-state index contributed by atoms with van der Waals surface area (Å²) in [6, 6.07) is 5.79. The number of rotatable bonds is 4. The van der Waals surface area contributed by atoms with Crippen molar-refractivity contribution in [3.05, 3.63) is 23.8 Å². The Morgan fingerprint density at radius 1 is 1.25 bits per heavy atom. The lowest BCUT2D eigenvalue weighted by molar-refractivity contribution is 0.139. The molecule has 0 aliphatic carbocycles. The van der Waals surface area contributed by atoms with Crippen molar-refractivity contribution in [3.63, 3.8) is 0 Å². The van der Waals surface area contributed by atoms with Crippen LogP contribution >= 0.6 is 11.8 Å². The highest BCUT2D eigenvalue weighted by Gasteiger charge is 2.33. The number of para-hydroxylation sites is 1. The molecule has 0 bridgehead atoms. The summed E-state index contributed by atoms with van der Waals surface area (Å²) in [6.07, 6.45) is 2.76. The minimum Gasteiger partial charge on any atom is -0.485 e. The van der Waals surface area contributed by atoms with Crippen LogP contribution in [-0.4, -0.2) is 41.6 Å². The average molecular weight is 350 g/mol. The Morgan fingerprint density at radius 2 is 1.96 bits per heavy atom. The minimum atomic E-state index is -0.301. The highest BCUT2D eigenvalue weighted by molar-refractivity contribution is 8.26. The van der Waals surface area contributed by atoms with Gasteiger partial charge in [0.1, 0.15) is 11.4 Å². The zero-order chi connectivity index (χ0) is 17.9. The molecule has 2 rings (SSSR count). The summed E-state index contributed by atoms with van der Waals surface area (Å²) in [5.74, 6) is 0.741. The van der Waals surface area contributed by atoms with Crippen LogP contribution in [0.1, 0.15) is 39.2 Å². The maximum atomic E-state index is 12.5. The van der Waals surface area contributed by atoms with Crippen LogP contribution in [0.5, 0.6) is 5.75 Å². The van der Waals surface area contributed by atoms with E-state index in [9.17, 15) is 9.59 Å². The monoisotopic (exact) mass is 350 g/mol. The Labute approximate surface area is 148 Å². The van der Waals surface area contributed by atoms with Gasteiger partial charge in [0.25, 0.3) is 10.5 Å². The van der Waals surface area contributed by atoms with Gasteiger partial charge < -0.3 is 14.5 Å². The van der Waals surface area contributed by atoms with Gasteiger partial charge >= 0.3 is 0 Å². The lowest BCUT2D eigenvalue weighted by atomic mass is 10.0. The van der Waals surface area contributed by atoms with Crippen molar-refractivity contribution < 1.29 is 14.3 Å². The molecule has 0 aromatic heterocycles. The smallest absolute Gasteiger partial charge is 0.295 e. The second kappa shape index (κ2) is 7.47. The number of hydrogen-bond donors (Lipinski definition) is 0. The lowest BCUT2D eigenvalue weighted by Crippen LogP contribution is -2.30. The van der Waals surface area contributed by atoms with E-state index >= 15 is 0 Å². The first-order chi connectivity index (χ1) is 11.2. The van der Waals surface area contributed by atoms with Crippen LogP contribution in [0.4, 0.5) is 15.3 Å². The molecule has 0 radical (unpaired) electrons. The molecule has 24 heavy (non-hydrogen) atoms. The average Bonchev–Trinajstić information content (AvgIpc) is 2.85. The fourth-order valence-corrected chi connectivity index (χ4v) is 3.30. The van der Waals surface area contributed by atoms with Crippen LogP contribution in [-0.2, 0) is 6.42 Å². The Morgan fingerprint density at radius 3 is 2.62 bits per heavy atom. The molecule has 0 spiro atoms. The normalized spacial score (nSPS) is 14.7. The van der Waals surface area contributed by atoms with E-state index < -0.39 is 0 Å². The predicted octanol–water partition coefficient (Wildman–Crippen LogP) is 4.54. The van der Waals surface area contributed by atoms with E-state index in [-0.39, 0.29) is 16.1 Å². The third-order valence-corrected chi connectivity index (χ3v) is 4.97. The molecule has 1 aliphatic heterocycles. The van der Waals surface area contributed by atoms with Crippen molar-refractivity contribution >= 4 is 27.9 Å². The largest absolute Gasteiger partial charge is 0.485 e. The molecule has 0 unspecified atom stereocenters. The van der Waals surface area contributed by atoms with Crippen molar-refractivity contribution in [3.8, 4) is 5.75 Å². The topological polar surface area (TPSA) is 49.9 Å². The van der Waals surface area contributed by atoms with E-state index in [1.165, 1.54) is 4.90 Å². The van der Waals surface area contributed by atoms with Crippen LogP contribution < -0.4 is 9.64 Å². The second-order valence-corrected chi connectivity index (χ2v) is 7.67. The fourth-order valence-electron chi connectivity index (χ4n) is 2.67. The quantitative estimate of drug-likeness (QED) is 0.800. The SMILES string of the molecule is CCCCN(C)C(=O)SC(=O)N(C)c1cccc2c1OC(C)(C)C2. The van der Waals surface area contributed by atoms with Gasteiger partial charge in [-0.25, -0.2) is 0 Å². The molecule has 0 saturated carbocycles. The summed E-state index contributed by atoms with van der Waals surface area (Å²) in [4.78, 5) is 27.7. The summed E-state index contributed by atoms with van der Waals surface area (Å²) in [6.45, 7) is 6.79. The molecule has 0 saturated heterocycles. The Bertz CT molecular complexity index is 631. The van der Waals surface area contributed by atoms with Crippen LogP contribution in [0.15, 0.2) is 18.2 Å². The molecule has 132 valence electrons. The van der Waals surface area contributed by atoms with Crippen LogP contribution in [0.25, 0.3) is 0 Å². The van der Waals surface area contributed by atoms with Crippen LogP contribution in [0.2, 0.25) is 0 Å². The zero-order valence-corrected chi connectivity index (χ0v) is 15.9. The molecule has 5 nitrogen and oxygen atoms in total. The summed E-state index contributed by atoms with van der Waals surface area (Å²) >= 11 is 0.725. The van der Waals surface area contributed by atoms with E-state index in [4.69, 9.17) is 4.74 Å². The van der Waals surface area contributed by atoms with Gasteiger partial charge in [0.2, 0.25) is 0 Å². The van der Waals surface area contributed by atoms with Crippen LogP contribution in [0, 0.1) is 0 Å². The first-order valence-electron chi connectivity index (χ1n) is 8.26. The molecular formula is C18H26N2O3S. The van der Waals surface area contributed by atoms with Crippen molar-refractivity contribution in [2.45, 2.75) is 45.6 Å². The van der Waals surface area contributed by atoms with Crippen molar-refractivity contribution in [2.75, 3.05) is 25.5 Å². The first kappa shape index (κ1) is 18.6. The maximum Gasteiger partial charge on any atom is 0.295 e. The number of carbonyl (C=O) groups excluding carboxylic acids is 2. The van der Waals surface area contributed by atoms with Crippen molar-refractivity contribution in [2.24, 2.45) is 0 Å². The number of unbranched alkanes of at least 4 members (excludes halogenated alkanes) is 1. The molecule has 0 atom stereocenters. The zero-order valence-electron chi connectivity index (χ0n) is 15.1. The highest BCUT2D eigenvalue weighted by atomic mass is 32.2. The van der Waals surface area contributed by atoms with E-state index in [1.54, 1.807) is 19.0 Å². The summed E-state index contributed by atoms with van der Waals surface area (Å²) in [7, 11) is 3.41. The molecule has 1 aromatic rings. The first-order valence-corrected chi connectivity index (χ1v) is 9.08. The van der Waals surface area contributed by atoms with Gasteiger partial charge in [-0.05, 0) is 26.3 Å². The molecule has 1 aromatic carbocycles. The number of amides is 2. The Balaban J connectivity index is 2.08. The molecule has 1 aliphatic rings. The van der Waals surface area contributed by atoms with E-state index in [0.717, 1.165) is 42.3 Å². The number of carbonyl (C=O) groups is 2. The summed E-state index contributed by atoms with van der Waals surface area (Å²) in [5, 5.41) is -0.529. The third-order valence-electron chi connectivity index (χ3n) is 4.04. The number of anilines is 1. The van der Waals surface area contributed by atoms with Gasteiger partial charge in [0.05, 0.1) is 5.69 Å². The second-order valence-electron chi connectivity index (χ2n) is 6.77. The summed E-state index contributed by atoms with van der Waals surface area (Å²) < 4.78 is 6.00. The van der Waals surface area contributed by atoms with Crippen molar-refractivity contribution in [1.82, 2.24) is 4.90 Å².